The molecule has 0 aliphatic carbocycles. The van der Waals surface area contributed by atoms with Crippen LogP contribution in [0, 0.1) is 0 Å². The summed E-state index contributed by atoms with van der Waals surface area (Å²) in [5.41, 5.74) is 2.68. The standard InChI is InChI=1S/C16H23N3/c1-3-19-13-15(12-18-19)11-17-10-9-14(2)16-7-5-4-6-8-16/h4-8,12-14,17H,3,9-11H2,1-2H3. The van der Waals surface area contributed by atoms with Crippen molar-refractivity contribution in [1.82, 2.24) is 15.1 Å². The number of benzene rings is 1. The van der Waals surface area contributed by atoms with Crippen LogP contribution in [0.2, 0.25) is 0 Å². The summed E-state index contributed by atoms with van der Waals surface area (Å²) >= 11 is 0. The third kappa shape index (κ3) is 4.21. The Balaban J connectivity index is 1.69. The molecular weight excluding hydrogens is 234 g/mol. The summed E-state index contributed by atoms with van der Waals surface area (Å²) in [5, 5.41) is 7.76. The summed E-state index contributed by atoms with van der Waals surface area (Å²) in [7, 11) is 0. The molecule has 0 spiro atoms. The van der Waals surface area contributed by atoms with E-state index in [0.717, 1.165) is 26.1 Å². The molecule has 2 rings (SSSR count). The zero-order chi connectivity index (χ0) is 13.5. The van der Waals surface area contributed by atoms with Gasteiger partial charge >= 0.3 is 0 Å². The van der Waals surface area contributed by atoms with E-state index >= 15 is 0 Å². The van der Waals surface area contributed by atoms with Crippen molar-refractivity contribution >= 4 is 0 Å². The van der Waals surface area contributed by atoms with Gasteiger partial charge in [0.15, 0.2) is 0 Å². The Morgan fingerprint density at radius 3 is 2.74 bits per heavy atom. The first kappa shape index (κ1) is 13.8. The fourth-order valence-corrected chi connectivity index (χ4v) is 2.17. The van der Waals surface area contributed by atoms with Crippen LogP contribution < -0.4 is 5.32 Å². The third-order valence-electron chi connectivity index (χ3n) is 3.46. The first-order valence-corrected chi connectivity index (χ1v) is 7.06. The molecule has 0 aliphatic heterocycles. The van der Waals surface area contributed by atoms with E-state index in [4.69, 9.17) is 0 Å². The monoisotopic (exact) mass is 257 g/mol. The van der Waals surface area contributed by atoms with Gasteiger partial charge < -0.3 is 5.32 Å². The van der Waals surface area contributed by atoms with E-state index in [-0.39, 0.29) is 0 Å². The molecule has 1 N–H and O–H groups in total. The van der Waals surface area contributed by atoms with Crippen molar-refractivity contribution in [2.45, 2.75) is 39.3 Å². The Labute approximate surface area is 115 Å². The van der Waals surface area contributed by atoms with Crippen molar-refractivity contribution in [3.05, 3.63) is 53.9 Å². The van der Waals surface area contributed by atoms with Crippen LogP contribution in [0.1, 0.15) is 37.3 Å². The number of aryl methyl sites for hydroxylation is 1. The lowest BCUT2D eigenvalue weighted by Gasteiger charge is -2.12. The molecule has 19 heavy (non-hydrogen) atoms. The molecule has 0 saturated heterocycles. The molecule has 0 bridgehead atoms. The van der Waals surface area contributed by atoms with Gasteiger partial charge in [0.25, 0.3) is 0 Å². The molecule has 1 atom stereocenters. The second-order valence-electron chi connectivity index (χ2n) is 4.98. The summed E-state index contributed by atoms with van der Waals surface area (Å²) in [4.78, 5) is 0. The van der Waals surface area contributed by atoms with Crippen molar-refractivity contribution < 1.29 is 0 Å². The van der Waals surface area contributed by atoms with Crippen LogP contribution in [0.3, 0.4) is 0 Å². The Morgan fingerprint density at radius 1 is 1.26 bits per heavy atom. The fraction of sp³-hybridized carbons (Fsp3) is 0.438. The molecule has 3 heteroatoms. The summed E-state index contributed by atoms with van der Waals surface area (Å²) in [5.74, 6) is 0.604. The lowest BCUT2D eigenvalue weighted by atomic mass is 9.98. The maximum Gasteiger partial charge on any atom is 0.0534 e. The predicted octanol–water partition coefficient (Wildman–Crippen LogP) is 3.19. The topological polar surface area (TPSA) is 29.9 Å². The van der Waals surface area contributed by atoms with Gasteiger partial charge in [0.05, 0.1) is 6.20 Å². The van der Waals surface area contributed by atoms with E-state index < -0.39 is 0 Å². The minimum Gasteiger partial charge on any atom is -0.313 e. The summed E-state index contributed by atoms with van der Waals surface area (Å²) in [6, 6.07) is 10.7. The van der Waals surface area contributed by atoms with Crippen molar-refractivity contribution in [2.75, 3.05) is 6.54 Å². The smallest absolute Gasteiger partial charge is 0.0534 e. The van der Waals surface area contributed by atoms with Crippen molar-refractivity contribution in [3.8, 4) is 0 Å². The molecule has 0 fully saturated rings. The minimum atomic E-state index is 0.604. The van der Waals surface area contributed by atoms with Crippen LogP contribution in [0.15, 0.2) is 42.7 Å². The van der Waals surface area contributed by atoms with Crippen LogP contribution in [-0.4, -0.2) is 16.3 Å². The zero-order valence-electron chi connectivity index (χ0n) is 11.8. The summed E-state index contributed by atoms with van der Waals surface area (Å²) in [6.07, 6.45) is 5.21. The number of hydrogen-bond donors (Lipinski definition) is 1. The van der Waals surface area contributed by atoms with Gasteiger partial charge in [-0.3, -0.25) is 4.68 Å². The molecule has 2 aromatic rings. The fourth-order valence-electron chi connectivity index (χ4n) is 2.17. The Kier molecular flexibility index (Phi) is 5.16. The molecule has 0 radical (unpaired) electrons. The Hall–Kier alpha value is -1.61. The van der Waals surface area contributed by atoms with Gasteiger partial charge in [-0.1, -0.05) is 37.3 Å². The highest BCUT2D eigenvalue weighted by molar-refractivity contribution is 5.18. The quantitative estimate of drug-likeness (QED) is 0.772. The number of hydrogen-bond acceptors (Lipinski definition) is 2. The molecular formula is C16H23N3. The Morgan fingerprint density at radius 2 is 2.05 bits per heavy atom. The van der Waals surface area contributed by atoms with E-state index in [2.05, 4.69) is 60.8 Å². The van der Waals surface area contributed by atoms with E-state index in [0.29, 0.717) is 5.92 Å². The van der Waals surface area contributed by atoms with Crippen molar-refractivity contribution in [1.29, 1.82) is 0 Å². The van der Waals surface area contributed by atoms with Gasteiger partial charge in [-0.2, -0.15) is 5.10 Å². The van der Waals surface area contributed by atoms with Crippen LogP contribution >= 0.6 is 0 Å². The van der Waals surface area contributed by atoms with Crippen molar-refractivity contribution in [2.24, 2.45) is 0 Å². The van der Waals surface area contributed by atoms with E-state index in [9.17, 15) is 0 Å². The maximum atomic E-state index is 4.27. The summed E-state index contributed by atoms with van der Waals surface area (Å²) < 4.78 is 1.96. The third-order valence-corrected chi connectivity index (χ3v) is 3.46. The second-order valence-corrected chi connectivity index (χ2v) is 4.98. The second kappa shape index (κ2) is 7.10. The van der Waals surface area contributed by atoms with E-state index in [1.54, 1.807) is 0 Å². The maximum absolute atomic E-state index is 4.27. The number of nitrogens with one attached hydrogen (secondary N) is 1. The minimum absolute atomic E-state index is 0.604. The number of aromatic nitrogens is 2. The number of nitrogens with zero attached hydrogens (tertiary/aromatic N) is 2. The van der Waals surface area contributed by atoms with Gasteiger partial charge in [-0.25, -0.2) is 0 Å². The molecule has 1 aromatic carbocycles. The highest BCUT2D eigenvalue weighted by atomic mass is 15.3. The van der Waals surface area contributed by atoms with Crippen LogP contribution in [0.25, 0.3) is 0 Å². The van der Waals surface area contributed by atoms with Gasteiger partial charge in [-0.15, -0.1) is 0 Å². The van der Waals surface area contributed by atoms with E-state index in [1.807, 2.05) is 10.9 Å². The molecule has 1 heterocycles. The zero-order valence-corrected chi connectivity index (χ0v) is 11.8. The molecule has 0 aliphatic rings. The van der Waals surface area contributed by atoms with Crippen LogP contribution in [-0.2, 0) is 13.1 Å². The van der Waals surface area contributed by atoms with Gasteiger partial charge in [0.1, 0.15) is 0 Å². The SMILES string of the molecule is CCn1cc(CNCCC(C)c2ccccc2)cn1. The highest BCUT2D eigenvalue weighted by Crippen LogP contribution is 2.17. The normalized spacial score (nSPS) is 12.5. The van der Waals surface area contributed by atoms with Crippen molar-refractivity contribution in [3.63, 3.8) is 0 Å². The summed E-state index contributed by atoms with van der Waals surface area (Å²) in [6.45, 7) is 7.26. The van der Waals surface area contributed by atoms with Crippen LogP contribution in [0.5, 0.6) is 0 Å². The lowest BCUT2D eigenvalue weighted by Crippen LogP contribution is -2.16. The molecule has 0 saturated carbocycles. The largest absolute Gasteiger partial charge is 0.313 e. The molecule has 102 valence electrons. The molecule has 1 aromatic heterocycles. The number of rotatable bonds is 7. The lowest BCUT2D eigenvalue weighted by molar-refractivity contribution is 0.593. The van der Waals surface area contributed by atoms with Crippen LogP contribution in [0.4, 0.5) is 0 Å². The first-order valence-electron chi connectivity index (χ1n) is 7.06. The molecule has 3 nitrogen and oxygen atoms in total. The molecule has 0 amide bonds. The first-order chi connectivity index (χ1) is 9.29. The van der Waals surface area contributed by atoms with Gasteiger partial charge in [-0.05, 0) is 31.4 Å². The van der Waals surface area contributed by atoms with Gasteiger partial charge in [0, 0.05) is 24.8 Å². The Bertz CT molecular complexity index is 476. The predicted molar refractivity (Wildman–Crippen MR) is 79.1 cm³/mol. The highest BCUT2D eigenvalue weighted by Gasteiger charge is 2.04. The average Bonchev–Trinajstić information content (AvgIpc) is 2.92. The van der Waals surface area contributed by atoms with E-state index in [1.165, 1.54) is 11.1 Å². The van der Waals surface area contributed by atoms with Gasteiger partial charge in [0.2, 0.25) is 0 Å². The molecule has 1 unspecified atom stereocenters. The average molecular weight is 257 g/mol.